The first-order valence-corrected chi connectivity index (χ1v) is 5.34. The van der Waals surface area contributed by atoms with E-state index in [-0.39, 0.29) is 18.9 Å². The van der Waals surface area contributed by atoms with Crippen LogP contribution in [0, 0.1) is 0 Å². The Bertz CT molecular complexity index is 291. The predicted molar refractivity (Wildman–Crippen MR) is 65.5 cm³/mol. The van der Waals surface area contributed by atoms with Gasteiger partial charge >= 0.3 is 0 Å². The smallest absolute Gasteiger partial charge is 0.257 e. The standard InChI is InChI=1S/C10H14Cl2N2O2/c1-3-5-10(11,12)9(16)14-7-8(15)13-6-4-2/h3-4H,1-2,5-7H2,(H,13,15)(H,14,16). The third kappa shape index (κ3) is 5.78. The van der Waals surface area contributed by atoms with E-state index in [2.05, 4.69) is 23.8 Å². The summed E-state index contributed by atoms with van der Waals surface area (Å²) in [6.45, 7) is 7.03. The van der Waals surface area contributed by atoms with Crippen molar-refractivity contribution in [2.24, 2.45) is 0 Å². The van der Waals surface area contributed by atoms with Gasteiger partial charge in [-0.25, -0.2) is 0 Å². The largest absolute Gasteiger partial charge is 0.351 e. The summed E-state index contributed by atoms with van der Waals surface area (Å²) in [5.74, 6) is -0.958. The van der Waals surface area contributed by atoms with Crippen molar-refractivity contribution in [1.82, 2.24) is 10.6 Å². The van der Waals surface area contributed by atoms with Crippen LogP contribution in [0.3, 0.4) is 0 Å². The maximum Gasteiger partial charge on any atom is 0.257 e. The fraction of sp³-hybridized carbons (Fsp3) is 0.400. The van der Waals surface area contributed by atoms with Gasteiger partial charge in [-0.2, -0.15) is 0 Å². The first kappa shape index (κ1) is 15.0. The SMILES string of the molecule is C=CCNC(=O)CNC(=O)C(Cl)(Cl)CC=C. The number of allylic oxidation sites excluding steroid dienone is 1. The molecule has 2 amide bonds. The lowest BCUT2D eigenvalue weighted by Gasteiger charge is -2.16. The molecule has 0 saturated heterocycles. The molecule has 0 aromatic rings. The van der Waals surface area contributed by atoms with Crippen LogP contribution in [0.1, 0.15) is 6.42 Å². The predicted octanol–water partition coefficient (Wildman–Crippen LogP) is 1.15. The molecule has 0 unspecified atom stereocenters. The summed E-state index contributed by atoms with van der Waals surface area (Å²) >= 11 is 11.4. The molecule has 16 heavy (non-hydrogen) atoms. The molecule has 4 nitrogen and oxygen atoms in total. The Labute approximate surface area is 105 Å². The highest BCUT2D eigenvalue weighted by Crippen LogP contribution is 2.25. The lowest BCUT2D eigenvalue weighted by Crippen LogP contribution is -2.43. The molecule has 0 aliphatic rings. The van der Waals surface area contributed by atoms with Gasteiger partial charge in [0, 0.05) is 13.0 Å². The quantitative estimate of drug-likeness (QED) is 0.536. The Morgan fingerprint density at radius 3 is 2.31 bits per heavy atom. The van der Waals surface area contributed by atoms with E-state index in [0.717, 1.165) is 0 Å². The molecule has 0 aromatic heterocycles. The van der Waals surface area contributed by atoms with Crippen molar-refractivity contribution in [2.75, 3.05) is 13.1 Å². The van der Waals surface area contributed by atoms with Crippen LogP contribution in [0.5, 0.6) is 0 Å². The van der Waals surface area contributed by atoms with Crippen molar-refractivity contribution in [3.63, 3.8) is 0 Å². The minimum Gasteiger partial charge on any atom is -0.351 e. The van der Waals surface area contributed by atoms with E-state index in [4.69, 9.17) is 23.2 Å². The Hall–Kier alpha value is -1.00. The molecule has 2 N–H and O–H groups in total. The van der Waals surface area contributed by atoms with Gasteiger partial charge < -0.3 is 10.6 Å². The second-order valence-electron chi connectivity index (χ2n) is 2.97. The molecule has 0 bridgehead atoms. The second-order valence-corrected chi connectivity index (χ2v) is 4.46. The molecule has 90 valence electrons. The van der Waals surface area contributed by atoms with Crippen LogP contribution in [0.15, 0.2) is 25.3 Å². The van der Waals surface area contributed by atoms with E-state index in [9.17, 15) is 9.59 Å². The van der Waals surface area contributed by atoms with Gasteiger partial charge in [0.05, 0.1) is 6.54 Å². The van der Waals surface area contributed by atoms with Crippen LogP contribution in [-0.2, 0) is 9.59 Å². The maximum atomic E-state index is 11.4. The van der Waals surface area contributed by atoms with Gasteiger partial charge in [0.15, 0.2) is 4.33 Å². The topological polar surface area (TPSA) is 58.2 Å². The van der Waals surface area contributed by atoms with E-state index in [1.165, 1.54) is 12.2 Å². The van der Waals surface area contributed by atoms with Crippen LogP contribution in [0.25, 0.3) is 0 Å². The highest BCUT2D eigenvalue weighted by Gasteiger charge is 2.32. The Morgan fingerprint density at radius 2 is 1.81 bits per heavy atom. The molecule has 0 radical (unpaired) electrons. The number of hydrogen-bond acceptors (Lipinski definition) is 2. The zero-order valence-corrected chi connectivity index (χ0v) is 10.3. The Kier molecular flexibility index (Phi) is 6.85. The molecule has 0 aromatic carbocycles. The number of rotatable bonds is 7. The number of carbonyl (C=O) groups excluding carboxylic acids is 2. The summed E-state index contributed by atoms with van der Waals surface area (Å²) in [5, 5.41) is 4.81. The van der Waals surface area contributed by atoms with Crippen LogP contribution in [0.4, 0.5) is 0 Å². The summed E-state index contributed by atoms with van der Waals surface area (Å²) in [6.07, 6.45) is 3.07. The third-order valence-electron chi connectivity index (χ3n) is 1.59. The highest BCUT2D eigenvalue weighted by molar-refractivity contribution is 6.58. The van der Waals surface area contributed by atoms with E-state index >= 15 is 0 Å². The summed E-state index contributed by atoms with van der Waals surface area (Å²) in [4.78, 5) is 22.5. The van der Waals surface area contributed by atoms with E-state index in [1.54, 1.807) is 0 Å². The number of amides is 2. The van der Waals surface area contributed by atoms with Crippen molar-refractivity contribution in [1.29, 1.82) is 0 Å². The minimum atomic E-state index is -1.58. The fourth-order valence-electron chi connectivity index (χ4n) is 0.812. The first-order chi connectivity index (χ1) is 7.44. The summed E-state index contributed by atoms with van der Waals surface area (Å²) < 4.78 is -1.58. The molecule has 0 heterocycles. The lowest BCUT2D eigenvalue weighted by atomic mass is 10.2. The van der Waals surface area contributed by atoms with Crippen LogP contribution >= 0.6 is 23.2 Å². The Balaban J connectivity index is 4.01. The zero-order valence-electron chi connectivity index (χ0n) is 8.76. The number of halogens is 2. The van der Waals surface area contributed by atoms with E-state index < -0.39 is 10.2 Å². The van der Waals surface area contributed by atoms with Gasteiger partial charge in [-0.05, 0) is 0 Å². The molecule has 0 aliphatic carbocycles. The highest BCUT2D eigenvalue weighted by atomic mass is 35.5. The van der Waals surface area contributed by atoms with Crippen molar-refractivity contribution < 1.29 is 9.59 Å². The van der Waals surface area contributed by atoms with Gasteiger partial charge in [-0.15, -0.1) is 13.2 Å². The third-order valence-corrected chi connectivity index (χ3v) is 2.24. The maximum absolute atomic E-state index is 11.4. The number of hydrogen-bond donors (Lipinski definition) is 2. The van der Waals surface area contributed by atoms with Crippen LogP contribution in [0.2, 0.25) is 0 Å². The average Bonchev–Trinajstić information content (AvgIpc) is 2.22. The summed E-state index contributed by atoms with van der Waals surface area (Å²) in [6, 6.07) is 0. The average molecular weight is 265 g/mol. The van der Waals surface area contributed by atoms with Crippen molar-refractivity contribution in [2.45, 2.75) is 10.8 Å². The minimum absolute atomic E-state index is 0.107. The molecule has 6 heteroatoms. The molecule has 0 spiro atoms. The van der Waals surface area contributed by atoms with Gasteiger partial charge in [0.2, 0.25) is 5.91 Å². The second kappa shape index (κ2) is 7.30. The molecule has 0 atom stereocenters. The van der Waals surface area contributed by atoms with Gasteiger partial charge in [0.25, 0.3) is 5.91 Å². The Morgan fingerprint density at radius 1 is 1.19 bits per heavy atom. The van der Waals surface area contributed by atoms with Crippen molar-refractivity contribution in [3.8, 4) is 0 Å². The number of carbonyl (C=O) groups is 2. The van der Waals surface area contributed by atoms with Crippen LogP contribution in [-0.4, -0.2) is 29.2 Å². The zero-order chi connectivity index (χ0) is 12.6. The summed E-state index contributed by atoms with van der Waals surface area (Å²) in [5.41, 5.74) is 0. The normalized spacial score (nSPS) is 10.4. The van der Waals surface area contributed by atoms with E-state index in [0.29, 0.717) is 6.54 Å². The lowest BCUT2D eigenvalue weighted by molar-refractivity contribution is -0.126. The van der Waals surface area contributed by atoms with Crippen molar-refractivity contribution in [3.05, 3.63) is 25.3 Å². The molecule has 0 saturated carbocycles. The molecule has 0 fully saturated rings. The number of alkyl halides is 2. The first-order valence-electron chi connectivity index (χ1n) is 4.58. The molecule has 0 rings (SSSR count). The van der Waals surface area contributed by atoms with Crippen LogP contribution < -0.4 is 10.6 Å². The van der Waals surface area contributed by atoms with Gasteiger partial charge in [-0.1, -0.05) is 35.4 Å². The molecule has 0 aliphatic heterocycles. The fourth-order valence-corrected chi connectivity index (χ4v) is 1.16. The molecular weight excluding hydrogens is 251 g/mol. The van der Waals surface area contributed by atoms with E-state index in [1.807, 2.05) is 0 Å². The van der Waals surface area contributed by atoms with Gasteiger partial charge in [0.1, 0.15) is 0 Å². The summed E-state index contributed by atoms with van der Waals surface area (Å²) in [7, 11) is 0. The monoisotopic (exact) mass is 264 g/mol. The number of nitrogens with one attached hydrogen (secondary N) is 2. The molecular formula is C10H14Cl2N2O2. The van der Waals surface area contributed by atoms with Crippen molar-refractivity contribution >= 4 is 35.0 Å². The van der Waals surface area contributed by atoms with Gasteiger partial charge in [-0.3, -0.25) is 9.59 Å².